The molecule has 1 amide bonds. The summed E-state index contributed by atoms with van der Waals surface area (Å²) in [6, 6.07) is 0. The number of hydrogen-bond donors (Lipinski definition) is 1. The van der Waals surface area contributed by atoms with Gasteiger partial charge in [-0.2, -0.15) is 0 Å². The summed E-state index contributed by atoms with van der Waals surface area (Å²) in [7, 11) is 0. The number of likely N-dealkylation sites (tertiary alicyclic amines) is 1. The molecule has 2 atom stereocenters. The van der Waals surface area contributed by atoms with Crippen LogP contribution < -0.4 is 0 Å². The average Bonchev–Trinajstić information content (AvgIpc) is 2.94. The van der Waals surface area contributed by atoms with Crippen LogP contribution in [0, 0.1) is 11.3 Å². The highest BCUT2D eigenvalue weighted by Crippen LogP contribution is 2.36. The predicted octanol–water partition coefficient (Wildman–Crippen LogP) is 1.90. The Hall–Kier alpha value is -1.10. The molecular formula is C15H25NO4. The van der Waals surface area contributed by atoms with Crippen molar-refractivity contribution in [3.8, 4) is 0 Å². The quantitative estimate of drug-likeness (QED) is 0.855. The van der Waals surface area contributed by atoms with E-state index < -0.39 is 11.4 Å². The van der Waals surface area contributed by atoms with Gasteiger partial charge in [0.2, 0.25) is 5.91 Å². The van der Waals surface area contributed by atoms with Crippen molar-refractivity contribution in [3.05, 3.63) is 0 Å². The second-order valence-electron chi connectivity index (χ2n) is 5.98. The molecule has 0 bridgehead atoms. The Labute approximate surface area is 120 Å². The molecule has 0 aliphatic carbocycles. The van der Waals surface area contributed by atoms with Crippen LogP contribution in [-0.2, 0) is 14.3 Å². The van der Waals surface area contributed by atoms with Crippen LogP contribution in [-0.4, -0.2) is 47.7 Å². The van der Waals surface area contributed by atoms with Crippen molar-refractivity contribution < 1.29 is 19.4 Å². The zero-order chi connectivity index (χ0) is 14.8. The van der Waals surface area contributed by atoms with Crippen LogP contribution in [0.5, 0.6) is 0 Å². The third-order valence-corrected chi connectivity index (χ3v) is 5.09. The number of hydrogen-bond acceptors (Lipinski definition) is 3. The number of carboxylic acids is 1. The second-order valence-corrected chi connectivity index (χ2v) is 5.98. The van der Waals surface area contributed by atoms with Crippen LogP contribution in [0.4, 0.5) is 0 Å². The lowest BCUT2D eigenvalue weighted by Crippen LogP contribution is -2.48. The van der Waals surface area contributed by atoms with Gasteiger partial charge in [0, 0.05) is 19.7 Å². The summed E-state index contributed by atoms with van der Waals surface area (Å²) < 4.78 is 5.59. The molecule has 2 aliphatic heterocycles. The lowest BCUT2D eigenvalue weighted by Gasteiger charge is -2.39. The molecular weight excluding hydrogens is 258 g/mol. The van der Waals surface area contributed by atoms with Gasteiger partial charge in [-0.15, -0.1) is 0 Å². The molecule has 0 spiro atoms. The van der Waals surface area contributed by atoms with Gasteiger partial charge < -0.3 is 14.7 Å². The Kier molecular flexibility index (Phi) is 4.68. The molecule has 0 saturated carbocycles. The highest BCUT2D eigenvalue weighted by Gasteiger charge is 2.43. The van der Waals surface area contributed by atoms with Gasteiger partial charge in [-0.05, 0) is 32.1 Å². The fourth-order valence-corrected chi connectivity index (χ4v) is 3.44. The van der Waals surface area contributed by atoms with E-state index in [0.717, 1.165) is 12.8 Å². The number of amides is 1. The maximum absolute atomic E-state index is 12.5. The van der Waals surface area contributed by atoms with Crippen LogP contribution in [0.1, 0.15) is 46.0 Å². The molecule has 20 heavy (non-hydrogen) atoms. The minimum absolute atomic E-state index is 0.0287. The van der Waals surface area contributed by atoms with Crippen molar-refractivity contribution in [2.45, 2.75) is 52.1 Å². The second kappa shape index (κ2) is 6.12. The largest absolute Gasteiger partial charge is 0.481 e. The number of nitrogens with zero attached hydrogens (tertiary/aromatic N) is 1. The van der Waals surface area contributed by atoms with Crippen molar-refractivity contribution in [3.63, 3.8) is 0 Å². The molecule has 2 saturated heterocycles. The first-order chi connectivity index (χ1) is 9.54. The van der Waals surface area contributed by atoms with Crippen molar-refractivity contribution in [2.75, 3.05) is 19.7 Å². The van der Waals surface area contributed by atoms with Gasteiger partial charge >= 0.3 is 5.97 Å². The lowest BCUT2D eigenvalue weighted by atomic mass is 9.76. The van der Waals surface area contributed by atoms with Gasteiger partial charge in [0.25, 0.3) is 0 Å². The summed E-state index contributed by atoms with van der Waals surface area (Å²) in [6.45, 7) is 5.75. The van der Waals surface area contributed by atoms with E-state index in [1.165, 1.54) is 0 Å². The van der Waals surface area contributed by atoms with E-state index in [1.807, 2.05) is 18.7 Å². The van der Waals surface area contributed by atoms with Gasteiger partial charge in [-0.1, -0.05) is 13.8 Å². The molecule has 2 unspecified atom stereocenters. The summed E-state index contributed by atoms with van der Waals surface area (Å²) in [5.41, 5.74) is -0.632. The molecule has 2 aliphatic rings. The highest BCUT2D eigenvalue weighted by atomic mass is 16.5. The van der Waals surface area contributed by atoms with Crippen molar-refractivity contribution in [1.29, 1.82) is 0 Å². The Morgan fingerprint density at radius 1 is 1.30 bits per heavy atom. The van der Waals surface area contributed by atoms with Crippen LogP contribution in [0.2, 0.25) is 0 Å². The van der Waals surface area contributed by atoms with E-state index in [0.29, 0.717) is 39.0 Å². The molecule has 0 aromatic rings. The molecule has 114 valence electrons. The number of carbonyl (C=O) groups excluding carboxylic acids is 1. The first-order valence-electron chi connectivity index (χ1n) is 7.68. The normalized spacial score (nSPS) is 29.4. The Morgan fingerprint density at radius 3 is 2.45 bits per heavy atom. The van der Waals surface area contributed by atoms with E-state index in [1.54, 1.807) is 0 Å². The summed E-state index contributed by atoms with van der Waals surface area (Å²) in [4.78, 5) is 25.8. The lowest BCUT2D eigenvalue weighted by molar-refractivity contribution is -0.155. The van der Waals surface area contributed by atoms with Crippen LogP contribution in [0.3, 0.4) is 0 Å². The Morgan fingerprint density at radius 2 is 1.95 bits per heavy atom. The third-order valence-electron chi connectivity index (χ3n) is 5.09. The number of ether oxygens (including phenoxy) is 1. The van der Waals surface area contributed by atoms with E-state index >= 15 is 0 Å². The molecule has 0 aromatic heterocycles. The zero-order valence-corrected chi connectivity index (χ0v) is 12.4. The van der Waals surface area contributed by atoms with E-state index in [4.69, 9.17) is 4.74 Å². The first-order valence-corrected chi connectivity index (χ1v) is 7.68. The smallest absolute Gasteiger partial charge is 0.309 e. The van der Waals surface area contributed by atoms with Gasteiger partial charge in [0.1, 0.15) is 0 Å². The number of carboxylic acid groups (broad SMARTS) is 1. The number of rotatable bonds is 4. The SMILES string of the molecule is CCC1OCCC1C(=O)N1CCC(CC)(C(=O)O)CC1. The predicted molar refractivity (Wildman–Crippen MR) is 74.3 cm³/mol. The van der Waals surface area contributed by atoms with Crippen LogP contribution in [0.15, 0.2) is 0 Å². The topological polar surface area (TPSA) is 66.8 Å². The van der Waals surface area contributed by atoms with Crippen LogP contribution in [0.25, 0.3) is 0 Å². The summed E-state index contributed by atoms with van der Waals surface area (Å²) in [6.07, 6.45) is 3.46. The molecule has 2 heterocycles. The molecule has 5 heteroatoms. The Bertz CT molecular complexity index is 374. The first kappa shape index (κ1) is 15.3. The van der Waals surface area contributed by atoms with Crippen LogP contribution >= 0.6 is 0 Å². The molecule has 2 fully saturated rings. The molecule has 2 rings (SSSR count). The van der Waals surface area contributed by atoms with E-state index in [-0.39, 0.29) is 17.9 Å². The molecule has 0 radical (unpaired) electrons. The van der Waals surface area contributed by atoms with Crippen molar-refractivity contribution >= 4 is 11.9 Å². The third kappa shape index (κ3) is 2.68. The average molecular weight is 283 g/mol. The van der Waals surface area contributed by atoms with Gasteiger partial charge in [-0.3, -0.25) is 9.59 Å². The molecule has 0 aromatic carbocycles. The maximum Gasteiger partial charge on any atom is 0.309 e. The van der Waals surface area contributed by atoms with Crippen molar-refractivity contribution in [2.24, 2.45) is 11.3 Å². The Balaban J connectivity index is 1.96. The van der Waals surface area contributed by atoms with E-state index in [9.17, 15) is 14.7 Å². The number of piperidine rings is 1. The fourth-order valence-electron chi connectivity index (χ4n) is 3.44. The minimum Gasteiger partial charge on any atom is -0.481 e. The van der Waals surface area contributed by atoms with Gasteiger partial charge in [0.05, 0.1) is 17.4 Å². The monoisotopic (exact) mass is 283 g/mol. The zero-order valence-electron chi connectivity index (χ0n) is 12.4. The number of carbonyl (C=O) groups is 2. The maximum atomic E-state index is 12.5. The molecule has 1 N–H and O–H groups in total. The van der Waals surface area contributed by atoms with Gasteiger partial charge in [-0.25, -0.2) is 0 Å². The summed E-state index contributed by atoms with van der Waals surface area (Å²) in [5, 5.41) is 9.38. The standard InChI is InChI=1S/C15H25NO4/c1-3-12-11(5-10-20-12)13(17)16-8-6-15(4-2,7-9-16)14(18)19/h11-12H,3-10H2,1-2H3,(H,18,19). The fraction of sp³-hybridized carbons (Fsp3) is 0.867. The highest BCUT2D eigenvalue weighted by molar-refractivity contribution is 5.80. The summed E-state index contributed by atoms with van der Waals surface area (Å²) in [5.74, 6) is -0.592. The van der Waals surface area contributed by atoms with E-state index in [2.05, 4.69) is 0 Å². The number of aliphatic carboxylic acids is 1. The molecule has 5 nitrogen and oxygen atoms in total. The summed E-state index contributed by atoms with van der Waals surface area (Å²) >= 11 is 0. The minimum atomic E-state index is -0.720. The van der Waals surface area contributed by atoms with Crippen molar-refractivity contribution in [1.82, 2.24) is 4.90 Å². The van der Waals surface area contributed by atoms with Gasteiger partial charge in [0.15, 0.2) is 0 Å².